The number of esters is 1. The van der Waals surface area contributed by atoms with Gasteiger partial charge in [0.05, 0.1) is 24.5 Å². The van der Waals surface area contributed by atoms with Crippen LogP contribution in [-0.4, -0.2) is 66.3 Å². The van der Waals surface area contributed by atoms with Crippen molar-refractivity contribution in [3.8, 4) is 0 Å². The van der Waals surface area contributed by atoms with Crippen LogP contribution in [0.3, 0.4) is 0 Å². The molecule has 9 nitrogen and oxygen atoms in total. The molecule has 9 heteroatoms. The second-order valence-corrected chi connectivity index (χ2v) is 12.9. The molecule has 4 aliphatic rings. The fraction of sp³-hybridized carbons (Fsp3) is 0.562. The number of aliphatic hydroxyl groups is 3. The normalized spacial score (nSPS) is 38.7. The van der Waals surface area contributed by atoms with Gasteiger partial charge in [-0.3, -0.25) is 9.59 Å². The highest BCUT2D eigenvalue weighted by molar-refractivity contribution is 5.94. The lowest BCUT2D eigenvalue weighted by Crippen LogP contribution is -2.64. The van der Waals surface area contributed by atoms with Gasteiger partial charge in [-0.05, 0) is 62.1 Å². The molecule has 1 heterocycles. The summed E-state index contributed by atoms with van der Waals surface area (Å²) in [7, 11) is 0. The molecule has 0 saturated heterocycles. The lowest BCUT2D eigenvalue weighted by Gasteiger charge is -2.61. The lowest BCUT2D eigenvalue weighted by atomic mass is 9.44. The number of imidazole rings is 1. The highest BCUT2D eigenvalue weighted by Crippen LogP contribution is 2.68. The maximum atomic E-state index is 13.6. The Labute approximate surface area is 239 Å². The van der Waals surface area contributed by atoms with Crippen LogP contribution < -0.4 is 0 Å². The summed E-state index contributed by atoms with van der Waals surface area (Å²) in [5.74, 6) is -1.70. The number of benzene rings is 1. The van der Waals surface area contributed by atoms with Crippen LogP contribution in [0.25, 0.3) is 0 Å². The summed E-state index contributed by atoms with van der Waals surface area (Å²) in [6.45, 7) is 3.86. The molecule has 1 aromatic heterocycles. The Morgan fingerprint density at radius 3 is 2.66 bits per heavy atom. The number of Topliss-reactive ketones (excluding diaryl/α,β-unsaturated/α-hetero) is 1. The van der Waals surface area contributed by atoms with Crippen LogP contribution in [0.15, 0.2) is 60.7 Å². The summed E-state index contributed by atoms with van der Waals surface area (Å²) in [6.07, 6.45) is 5.61. The number of ketones is 2. The van der Waals surface area contributed by atoms with Gasteiger partial charge < -0.3 is 24.6 Å². The third-order valence-corrected chi connectivity index (χ3v) is 11.0. The minimum absolute atomic E-state index is 0.00872. The number of hydrogen-bond acceptors (Lipinski definition) is 8. The predicted octanol–water partition coefficient (Wildman–Crippen LogP) is 2.88. The van der Waals surface area contributed by atoms with Crippen molar-refractivity contribution < 1.29 is 34.4 Å². The fourth-order valence-electron chi connectivity index (χ4n) is 9.00. The van der Waals surface area contributed by atoms with Crippen LogP contribution in [0, 0.1) is 28.6 Å². The van der Waals surface area contributed by atoms with Crippen molar-refractivity contribution in [1.29, 1.82) is 0 Å². The predicted molar refractivity (Wildman–Crippen MR) is 147 cm³/mol. The molecule has 0 aliphatic heterocycles. The maximum absolute atomic E-state index is 13.6. The molecular weight excluding hydrogens is 524 g/mol. The van der Waals surface area contributed by atoms with Gasteiger partial charge in [-0.1, -0.05) is 37.6 Å². The molecule has 3 saturated carbocycles. The Hall–Kier alpha value is -3.14. The summed E-state index contributed by atoms with van der Waals surface area (Å²) in [4.78, 5) is 43.5. The minimum Gasteiger partial charge on any atom is -0.457 e. The van der Waals surface area contributed by atoms with Crippen LogP contribution >= 0.6 is 0 Å². The topological polar surface area (TPSA) is 139 Å². The van der Waals surface area contributed by atoms with E-state index in [2.05, 4.69) is 4.98 Å². The van der Waals surface area contributed by atoms with Gasteiger partial charge in [0.25, 0.3) is 0 Å². The van der Waals surface area contributed by atoms with Crippen molar-refractivity contribution in [2.75, 3.05) is 0 Å². The SMILES string of the molecule is C[C@]12C[C@H](O)[C@H]3[C@@H](CCC4=CC(=O)CC(OC(=O)c5ccccc5)[C@@]43C)[C@@H]1CC[C@]2(O)C(=O)C(O)Cn1ccnc1. The van der Waals surface area contributed by atoms with Crippen molar-refractivity contribution in [3.63, 3.8) is 0 Å². The Balaban J connectivity index is 1.30. The number of rotatable bonds is 6. The Bertz CT molecular complexity index is 1370. The standard InChI is InChI=1S/C32H38N2O7/c1-30-16-24(36)27-22(23(30)10-11-32(30,40)28(38)25(37)17-34-13-12-33-18-34)9-8-20-14-21(35)15-26(31(20,27)2)41-29(39)19-6-4-3-5-7-19/h3-7,12-14,18,22-27,36-37,40H,8-11,15-17H2,1-2H3/t22-,23-,24-,25?,26?,27+,30-,31+,32-/m0/s1. The smallest absolute Gasteiger partial charge is 0.338 e. The molecule has 2 unspecified atom stereocenters. The number of nitrogens with zero attached hydrogens (tertiary/aromatic N) is 2. The van der Waals surface area contributed by atoms with Gasteiger partial charge in [-0.2, -0.15) is 0 Å². The zero-order chi connectivity index (χ0) is 29.2. The fourth-order valence-corrected chi connectivity index (χ4v) is 9.00. The largest absolute Gasteiger partial charge is 0.457 e. The minimum atomic E-state index is -1.79. The summed E-state index contributed by atoms with van der Waals surface area (Å²) in [6, 6.07) is 8.68. The molecule has 0 radical (unpaired) electrons. The van der Waals surface area contributed by atoms with Gasteiger partial charge in [0, 0.05) is 35.6 Å². The van der Waals surface area contributed by atoms with E-state index in [1.165, 1.54) is 6.33 Å². The summed E-state index contributed by atoms with van der Waals surface area (Å²) >= 11 is 0. The van der Waals surface area contributed by atoms with E-state index in [-0.39, 0.29) is 49.3 Å². The van der Waals surface area contributed by atoms with Crippen LogP contribution in [0.1, 0.15) is 62.7 Å². The Morgan fingerprint density at radius 2 is 1.95 bits per heavy atom. The van der Waals surface area contributed by atoms with Crippen LogP contribution in [0.2, 0.25) is 0 Å². The molecule has 0 bridgehead atoms. The molecule has 2 aromatic rings. The van der Waals surface area contributed by atoms with Gasteiger partial charge in [-0.25, -0.2) is 9.78 Å². The van der Waals surface area contributed by atoms with Gasteiger partial charge in [0.2, 0.25) is 0 Å². The maximum Gasteiger partial charge on any atom is 0.338 e. The van der Waals surface area contributed by atoms with E-state index in [0.717, 1.165) is 5.57 Å². The number of carbonyl (C=O) groups excluding carboxylic acids is 3. The van der Waals surface area contributed by atoms with Gasteiger partial charge in [0.1, 0.15) is 17.8 Å². The van der Waals surface area contributed by atoms with Crippen molar-refractivity contribution >= 4 is 17.5 Å². The van der Waals surface area contributed by atoms with E-state index >= 15 is 0 Å². The number of ether oxygens (including phenoxy) is 1. The first-order chi connectivity index (χ1) is 19.5. The molecule has 0 amide bonds. The van der Waals surface area contributed by atoms with E-state index in [1.807, 2.05) is 19.9 Å². The second kappa shape index (κ2) is 10.00. The van der Waals surface area contributed by atoms with Gasteiger partial charge in [-0.15, -0.1) is 0 Å². The lowest BCUT2D eigenvalue weighted by molar-refractivity contribution is -0.194. The first kappa shape index (κ1) is 28.0. The van der Waals surface area contributed by atoms with Crippen molar-refractivity contribution in [1.82, 2.24) is 9.55 Å². The second-order valence-electron chi connectivity index (χ2n) is 12.9. The van der Waals surface area contributed by atoms with Crippen molar-refractivity contribution in [2.45, 2.75) is 82.8 Å². The van der Waals surface area contributed by atoms with Crippen molar-refractivity contribution in [3.05, 3.63) is 66.3 Å². The summed E-state index contributed by atoms with van der Waals surface area (Å²) in [5.41, 5.74) is -2.21. The number of aliphatic hydroxyl groups excluding tert-OH is 2. The zero-order valence-corrected chi connectivity index (χ0v) is 23.5. The molecule has 4 aliphatic carbocycles. The van der Waals surface area contributed by atoms with Crippen LogP contribution in [0.5, 0.6) is 0 Å². The van der Waals surface area contributed by atoms with Crippen LogP contribution in [0.4, 0.5) is 0 Å². The number of fused-ring (bicyclic) bond motifs is 5. The first-order valence-electron chi connectivity index (χ1n) is 14.6. The molecule has 218 valence electrons. The molecule has 9 atom stereocenters. The monoisotopic (exact) mass is 562 g/mol. The summed E-state index contributed by atoms with van der Waals surface area (Å²) < 4.78 is 7.66. The van der Waals surface area contributed by atoms with Gasteiger partial charge in [0.15, 0.2) is 11.6 Å². The number of aromatic nitrogens is 2. The molecule has 6 rings (SSSR count). The number of hydrogen-bond donors (Lipinski definition) is 3. The third-order valence-electron chi connectivity index (χ3n) is 11.0. The van der Waals surface area contributed by atoms with E-state index < -0.39 is 46.5 Å². The third kappa shape index (κ3) is 4.23. The summed E-state index contributed by atoms with van der Waals surface area (Å²) in [5, 5.41) is 34.7. The van der Waals surface area contributed by atoms with E-state index in [0.29, 0.717) is 24.8 Å². The van der Waals surface area contributed by atoms with Gasteiger partial charge >= 0.3 is 5.97 Å². The van der Waals surface area contributed by atoms with E-state index in [1.54, 1.807) is 47.3 Å². The van der Waals surface area contributed by atoms with E-state index in [9.17, 15) is 29.7 Å². The molecule has 3 N–H and O–H groups in total. The Kier molecular flexibility index (Phi) is 6.83. The average molecular weight is 563 g/mol. The molecular formula is C32H38N2O7. The highest BCUT2D eigenvalue weighted by atomic mass is 16.5. The molecule has 41 heavy (non-hydrogen) atoms. The van der Waals surface area contributed by atoms with Crippen LogP contribution in [-0.2, 0) is 20.9 Å². The zero-order valence-electron chi connectivity index (χ0n) is 23.5. The highest BCUT2D eigenvalue weighted by Gasteiger charge is 2.70. The number of carbonyl (C=O) groups is 3. The average Bonchev–Trinajstić information content (AvgIpc) is 3.55. The molecule has 0 spiro atoms. The molecule has 3 fully saturated rings. The molecule has 1 aromatic carbocycles. The van der Waals surface area contributed by atoms with Crippen molar-refractivity contribution in [2.24, 2.45) is 28.6 Å². The first-order valence-corrected chi connectivity index (χ1v) is 14.6. The van der Waals surface area contributed by atoms with E-state index in [4.69, 9.17) is 4.74 Å². The Morgan fingerprint density at radius 1 is 1.20 bits per heavy atom. The quantitative estimate of drug-likeness (QED) is 0.457.